The van der Waals surface area contributed by atoms with E-state index in [1.807, 2.05) is 0 Å². The van der Waals surface area contributed by atoms with Gasteiger partial charge in [-0.15, -0.1) is 10.2 Å². The van der Waals surface area contributed by atoms with Crippen LogP contribution < -0.4 is 5.32 Å². The molecular formula is C14H15ClFN3S. The molecule has 0 saturated heterocycles. The lowest BCUT2D eigenvalue weighted by Crippen LogP contribution is -2.17. The third-order valence-corrected chi connectivity index (χ3v) is 4.63. The van der Waals surface area contributed by atoms with Crippen molar-refractivity contribution in [3.63, 3.8) is 0 Å². The molecule has 1 fully saturated rings. The molecule has 0 amide bonds. The Morgan fingerprint density at radius 1 is 1.35 bits per heavy atom. The smallest absolute Gasteiger partial charge is 0.149 e. The molecule has 0 atom stereocenters. The largest absolute Gasteiger partial charge is 0.314 e. The monoisotopic (exact) mass is 311 g/mol. The summed E-state index contributed by atoms with van der Waals surface area (Å²) < 4.78 is 13.4. The van der Waals surface area contributed by atoms with Crippen LogP contribution >= 0.6 is 22.9 Å². The van der Waals surface area contributed by atoms with Crippen molar-refractivity contribution in [1.82, 2.24) is 15.5 Å². The zero-order valence-corrected chi connectivity index (χ0v) is 12.5. The first kappa shape index (κ1) is 13.9. The molecule has 1 saturated carbocycles. The lowest BCUT2D eigenvalue weighted by Gasteiger charge is -2.00. The molecule has 106 valence electrons. The fraction of sp³-hybridized carbons (Fsp3) is 0.429. The first-order valence-electron chi connectivity index (χ1n) is 6.74. The van der Waals surface area contributed by atoms with Gasteiger partial charge in [-0.1, -0.05) is 35.1 Å². The van der Waals surface area contributed by atoms with Gasteiger partial charge >= 0.3 is 0 Å². The van der Waals surface area contributed by atoms with Crippen LogP contribution in [0.4, 0.5) is 4.39 Å². The SMILES string of the molecule is Fc1cccc(-c2nnc(CCCNC3CC3)s2)c1Cl. The second-order valence-electron chi connectivity index (χ2n) is 4.93. The van der Waals surface area contributed by atoms with Crippen LogP contribution in [0.15, 0.2) is 18.2 Å². The van der Waals surface area contributed by atoms with Gasteiger partial charge < -0.3 is 5.32 Å². The zero-order chi connectivity index (χ0) is 13.9. The van der Waals surface area contributed by atoms with Crippen LogP contribution in [-0.2, 0) is 6.42 Å². The number of aryl methyl sites for hydroxylation is 1. The van der Waals surface area contributed by atoms with Crippen LogP contribution in [0.2, 0.25) is 5.02 Å². The van der Waals surface area contributed by atoms with Gasteiger partial charge in [-0.3, -0.25) is 0 Å². The lowest BCUT2D eigenvalue weighted by molar-refractivity contribution is 0.628. The summed E-state index contributed by atoms with van der Waals surface area (Å²) >= 11 is 7.44. The molecule has 0 radical (unpaired) electrons. The third-order valence-electron chi connectivity index (χ3n) is 3.23. The Bertz CT molecular complexity index is 598. The van der Waals surface area contributed by atoms with Crippen LogP contribution in [0.1, 0.15) is 24.3 Å². The number of halogens is 2. The van der Waals surface area contributed by atoms with E-state index in [2.05, 4.69) is 15.5 Å². The van der Waals surface area contributed by atoms with E-state index in [9.17, 15) is 4.39 Å². The summed E-state index contributed by atoms with van der Waals surface area (Å²) in [5, 5.41) is 13.5. The normalized spacial score (nSPS) is 14.7. The molecule has 0 unspecified atom stereocenters. The van der Waals surface area contributed by atoms with Crippen molar-refractivity contribution in [2.45, 2.75) is 31.7 Å². The Kier molecular flexibility index (Phi) is 4.29. The number of aromatic nitrogens is 2. The molecule has 1 aromatic carbocycles. The van der Waals surface area contributed by atoms with E-state index in [0.717, 1.165) is 30.4 Å². The van der Waals surface area contributed by atoms with Crippen molar-refractivity contribution in [2.24, 2.45) is 0 Å². The zero-order valence-electron chi connectivity index (χ0n) is 10.9. The molecule has 1 aliphatic carbocycles. The number of hydrogen-bond donors (Lipinski definition) is 1. The summed E-state index contributed by atoms with van der Waals surface area (Å²) in [5.74, 6) is -0.422. The summed E-state index contributed by atoms with van der Waals surface area (Å²) in [6.45, 7) is 1.01. The number of nitrogens with zero attached hydrogens (tertiary/aromatic N) is 2. The molecule has 0 bridgehead atoms. The maximum Gasteiger partial charge on any atom is 0.149 e. The van der Waals surface area contributed by atoms with Gasteiger partial charge in [0.1, 0.15) is 15.8 Å². The van der Waals surface area contributed by atoms with Gasteiger partial charge in [0.05, 0.1) is 5.02 Å². The van der Waals surface area contributed by atoms with Gasteiger partial charge in [-0.05, 0) is 31.9 Å². The highest BCUT2D eigenvalue weighted by Crippen LogP contribution is 2.32. The van der Waals surface area contributed by atoms with Gasteiger partial charge in [-0.2, -0.15) is 0 Å². The van der Waals surface area contributed by atoms with Gasteiger partial charge in [0, 0.05) is 18.0 Å². The van der Waals surface area contributed by atoms with E-state index < -0.39 is 5.82 Å². The Labute approximate surface area is 126 Å². The van der Waals surface area contributed by atoms with Gasteiger partial charge in [0.25, 0.3) is 0 Å². The highest BCUT2D eigenvalue weighted by Gasteiger charge is 2.19. The number of benzene rings is 1. The van der Waals surface area contributed by atoms with E-state index in [1.165, 1.54) is 30.2 Å². The fourth-order valence-electron chi connectivity index (χ4n) is 1.97. The molecule has 1 aliphatic rings. The van der Waals surface area contributed by atoms with Crippen molar-refractivity contribution in [1.29, 1.82) is 0 Å². The summed E-state index contributed by atoms with van der Waals surface area (Å²) in [5.41, 5.74) is 0.617. The molecule has 0 spiro atoms. The first-order chi connectivity index (χ1) is 9.74. The van der Waals surface area contributed by atoms with E-state index >= 15 is 0 Å². The van der Waals surface area contributed by atoms with E-state index in [-0.39, 0.29) is 5.02 Å². The van der Waals surface area contributed by atoms with Crippen molar-refractivity contribution < 1.29 is 4.39 Å². The number of rotatable bonds is 6. The van der Waals surface area contributed by atoms with Gasteiger partial charge in [0.2, 0.25) is 0 Å². The van der Waals surface area contributed by atoms with E-state index in [4.69, 9.17) is 11.6 Å². The summed E-state index contributed by atoms with van der Waals surface area (Å²) in [6.07, 6.45) is 4.55. The highest BCUT2D eigenvalue weighted by molar-refractivity contribution is 7.14. The standard InChI is InChI=1S/C14H15ClFN3S/c15-13-10(3-1-4-11(13)16)14-19-18-12(20-14)5-2-8-17-9-6-7-9/h1,3-4,9,17H,2,5-8H2. The molecule has 3 nitrogen and oxygen atoms in total. The second-order valence-corrected chi connectivity index (χ2v) is 6.37. The van der Waals surface area contributed by atoms with E-state index in [0.29, 0.717) is 10.6 Å². The summed E-state index contributed by atoms with van der Waals surface area (Å²) in [7, 11) is 0. The van der Waals surface area contributed by atoms with Crippen LogP contribution in [0, 0.1) is 5.82 Å². The lowest BCUT2D eigenvalue weighted by atomic mass is 10.2. The predicted octanol–water partition coefficient (Wildman–Crippen LogP) is 3.68. The average Bonchev–Trinajstić information content (AvgIpc) is 3.15. The topological polar surface area (TPSA) is 37.8 Å². The van der Waals surface area contributed by atoms with Gasteiger partial charge in [0.15, 0.2) is 0 Å². The van der Waals surface area contributed by atoms with Crippen molar-refractivity contribution in [3.05, 3.63) is 34.0 Å². The third kappa shape index (κ3) is 3.34. The number of hydrogen-bond acceptors (Lipinski definition) is 4. The molecule has 1 heterocycles. The van der Waals surface area contributed by atoms with Crippen LogP contribution in [0.25, 0.3) is 10.6 Å². The molecule has 20 heavy (non-hydrogen) atoms. The Morgan fingerprint density at radius 3 is 3.00 bits per heavy atom. The Hall–Kier alpha value is -1.04. The average molecular weight is 312 g/mol. The minimum atomic E-state index is -0.422. The molecule has 3 rings (SSSR count). The molecule has 1 N–H and O–H groups in total. The van der Waals surface area contributed by atoms with Crippen molar-refractivity contribution in [3.8, 4) is 10.6 Å². The first-order valence-corrected chi connectivity index (χ1v) is 7.93. The van der Waals surface area contributed by atoms with Crippen LogP contribution in [0.3, 0.4) is 0 Å². The minimum absolute atomic E-state index is 0.116. The molecule has 6 heteroatoms. The minimum Gasteiger partial charge on any atom is -0.314 e. The van der Waals surface area contributed by atoms with Crippen LogP contribution in [-0.4, -0.2) is 22.8 Å². The van der Waals surface area contributed by atoms with Gasteiger partial charge in [-0.25, -0.2) is 4.39 Å². The fourth-order valence-corrected chi connectivity index (χ4v) is 3.15. The summed E-state index contributed by atoms with van der Waals surface area (Å²) in [6, 6.07) is 5.49. The maximum absolute atomic E-state index is 13.4. The van der Waals surface area contributed by atoms with Crippen molar-refractivity contribution in [2.75, 3.05) is 6.54 Å². The Balaban J connectivity index is 1.62. The van der Waals surface area contributed by atoms with Crippen LogP contribution in [0.5, 0.6) is 0 Å². The molecule has 2 aromatic rings. The quantitative estimate of drug-likeness (QED) is 0.827. The molecule has 1 aromatic heterocycles. The van der Waals surface area contributed by atoms with E-state index in [1.54, 1.807) is 12.1 Å². The number of nitrogens with one attached hydrogen (secondary N) is 1. The van der Waals surface area contributed by atoms with Crippen molar-refractivity contribution >= 4 is 22.9 Å². The summed E-state index contributed by atoms with van der Waals surface area (Å²) in [4.78, 5) is 0. The second kappa shape index (κ2) is 6.16. The Morgan fingerprint density at radius 2 is 2.20 bits per heavy atom. The molecule has 0 aliphatic heterocycles. The predicted molar refractivity (Wildman–Crippen MR) is 79.7 cm³/mol. The highest BCUT2D eigenvalue weighted by atomic mass is 35.5. The molecular weight excluding hydrogens is 297 g/mol. The maximum atomic E-state index is 13.4.